The van der Waals surface area contributed by atoms with Gasteiger partial charge in [0, 0.05) is 16.5 Å². The first-order chi connectivity index (χ1) is 18.2. The van der Waals surface area contributed by atoms with Crippen molar-refractivity contribution in [3.63, 3.8) is 0 Å². The lowest BCUT2D eigenvalue weighted by molar-refractivity contribution is 0.280. The fourth-order valence-electron chi connectivity index (χ4n) is 4.21. The van der Waals surface area contributed by atoms with E-state index in [1.54, 1.807) is 12.1 Å². The molecule has 1 aliphatic heterocycles. The zero-order valence-corrected chi connectivity index (χ0v) is 15.5. The second kappa shape index (κ2) is 5.74. The van der Waals surface area contributed by atoms with Crippen LogP contribution >= 0.6 is 0 Å². The third-order valence-electron chi connectivity index (χ3n) is 5.46. The molecule has 30 heavy (non-hydrogen) atoms. The number of aromatic nitrogens is 3. The van der Waals surface area contributed by atoms with E-state index in [1.807, 2.05) is 34.9 Å². The van der Waals surface area contributed by atoms with Crippen LogP contribution in [0.25, 0.3) is 44.2 Å². The Morgan fingerprint density at radius 1 is 0.800 bits per heavy atom. The van der Waals surface area contributed by atoms with Crippen LogP contribution in [-0.2, 0) is 6.61 Å². The normalized spacial score (nSPS) is 16.5. The Balaban J connectivity index is 1.63. The van der Waals surface area contributed by atoms with Crippen molar-refractivity contribution in [1.29, 1.82) is 0 Å². The fraction of sp³-hybridized carbons (Fsp3) is 0.0385. The van der Waals surface area contributed by atoms with Gasteiger partial charge in [0.2, 0.25) is 0 Å². The van der Waals surface area contributed by atoms with Crippen LogP contribution in [0.15, 0.2) is 90.8 Å². The summed E-state index contributed by atoms with van der Waals surface area (Å²) in [6.45, 7) is 0.275. The maximum atomic E-state index is 8.68. The molecular formula is C26H17N3O. The van der Waals surface area contributed by atoms with Gasteiger partial charge in [-0.2, -0.15) is 0 Å². The molecule has 0 saturated heterocycles. The Morgan fingerprint density at radius 3 is 2.33 bits per heavy atom. The van der Waals surface area contributed by atoms with Crippen molar-refractivity contribution in [3.05, 3.63) is 96.6 Å². The molecule has 0 bridgehead atoms. The van der Waals surface area contributed by atoms with Crippen LogP contribution in [0.1, 0.15) is 16.8 Å². The van der Waals surface area contributed by atoms with Gasteiger partial charge in [-0.25, -0.2) is 4.98 Å². The second-order valence-electron chi connectivity index (χ2n) is 7.08. The molecule has 4 heteroatoms. The van der Waals surface area contributed by atoms with Crippen molar-refractivity contribution in [1.82, 2.24) is 14.1 Å². The van der Waals surface area contributed by atoms with Gasteiger partial charge in [0.15, 0.2) is 5.82 Å². The third-order valence-corrected chi connectivity index (χ3v) is 5.46. The van der Waals surface area contributed by atoms with E-state index in [-0.39, 0.29) is 52.6 Å². The van der Waals surface area contributed by atoms with Crippen LogP contribution in [0.3, 0.4) is 0 Å². The standard InChI is InChI=1S/C26H17N3O/c1-3-9-21-18(7-1)19-8-2-4-10-22(19)28(21)17-13-14-23-20(15-17)27-26-16-30-25-12-6-5-11-24(25)29(23)26/h1-15H,16H2/i1D,2D,3D,4D,7D,8D,9D,10D. The number of para-hydroxylation sites is 4. The van der Waals surface area contributed by atoms with E-state index < -0.39 is 24.2 Å². The number of nitrogens with zero attached hydrogens (tertiary/aromatic N) is 3. The van der Waals surface area contributed by atoms with Crippen LogP contribution in [0.4, 0.5) is 0 Å². The van der Waals surface area contributed by atoms with E-state index in [4.69, 9.17) is 20.7 Å². The minimum absolute atomic E-state index is 0.0459. The van der Waals surface area contributed by atoms with E-state index in [0.29, 0.717) is 17.0 Å². The number of hydrogen-bond acceptors (Lipinski definition) is 2. The molecule has 2 aromatic heterocycles. The molecule has 0 spiro atoms. The van der Waals surface area contributed by atoms with Gasteiger partial charge < -0.3 is 9.30 Å². The molecule has 0 atom stereocenters. The van der Waals surface area contributed by atoms with Crippen LogP contribution in [0, 0.1) is 0 Å². The fourth-order valence-corrected chi connectivity index (χ4v) is 4.21. The molecule has 1 aliphatic rings. The highest BCUT2D eigenvalue weighted by Crippen LogP contribution is 2.35. The number of benzene rings is 4. The van der Waals surface area contributed by atoms with Crippen LogP contribution in [-0.4, -0.2) is 14.1 Å². The van der Waals surface area contributed by atoms with Crippen LogP contribution < -0.4 is 4.74 Å². The largest absolute Gasteiger partial charge is 0.483 e. The van der Waals surface area contributed by atoms with Gasteiger partial charge in [0.25, 0.3) is 0 Å². The topological polar surface area (TPSA) is 32.0 Å². The summed E-state index contributed by atoms with van der Waals surface area (Å²) in [6.07, 6.45) is 0. The van der Waals surface area contributed by atoms with Crippen LogP contribution in [0.2, 0.25) is 0 Å². The molecule has 0 saturated carbocycles. The predicted octanol–water partition coefficient (Wildman–Crippen LogP) is 6.02. The van der Waals surface area contributed by atoms with Gasteiger partial charge in [-0.15, -0.1) is 0 Å². The third kappa shape index (κ3) is 2.02. The van der Waals surface area contributed by atoms with E-state index in [0.717, 1.165) is 17.0 Å². The van der Waals surface area contributed by atoms with Crippen molar-refractivity contribution < 1.29 is 15.7 Å². The van der Waals surface area contributed by atoms with E-state index >= 15 is 0 Å². The Kier molecular flexibility index (Phi) is 1.94. The van der Waals surface area contributed by atoms with Crippen molar-refractivity contribution in [3.8, 4) is 17.1 Å². The quantitative estimate of drug-likeness (QED) is 0.341. The molecule has 0 amide bonds. The molecule has 142 valence electrons. The summed E-state index contributed by atoms with van der Waals surface area (Å²) in [4.78, 5) is 4.75. The molecule has 3 heterocycles. The summed E-state index contributed by atoms with van der Waals surface area (Å²) < 4.78 is 76.8. The van der Waals surface area contributed by atoms with Crippen LogP contribution in [0.5, 0.6) is 5.75 Å². The molecular weight excluding hydrogens is 370 g/mol. The first-order valence-corrected chi connectivity index (χ1v) is 9.45. The number of rotatable bonds is 1. The smallest absolute Gasteiger partial charge is 0.152 e. The molecule has 6 aromatic rings. The monoisotopic (exact) mass is 395 g/mol. The predicted molar refractivity (Wildman–Crippen MR) is 120 cm³/mol. The molecule has 0 aliphatic carbocycles. The summed E-state index contributed by atoms with van der Waals surface area (Å²) in [7, 11) is 0. The first kappa shape index (κ1) is 10.1. The summed E-state index contributed by atoms with van der Waals surface area (Å²) >= 11 is 0. The van der Waals surface area contributed by atoms with Gasteiger partial charge in [-0.05, 0) is 42.4 Å². The van der Waals surface area contributed by atoms with E-state index in [1.165, 1.54) is 4.57 Å². The van der Waals surface area contributed by atoms with Crippen molar-refractivity contribution in [2.45, 2.75) is 6.61 Å². The Labute approximate surface area is 183 Å². The lowest BCUT2D eigenvalue weighted by Gasteiger charge is -2.19. The first-order valence-electron chi connectivity index (χ1n) is 13.5. The van der Waals surface area contributed by atoms with E-state index in [2.05, 4.69) is 0 Å². The lowest BCUT2D eigenvalue weighted by atomic mass is 10.2. The number of ether oxygens (including phenoxy) is 1. The SMILES string of the molecule is [2H]c1c([2H])c([2H])c2c(c1[2H])c1c([2H])c([2H])c([2H])c([2H])c1n2-c1ccc2c(c1)nc1n2-c2ccccc2OC1. The number of hydrogen-bond donors (Lipinski definition) is 0. The lowest BCUT2D eigenvalue weighted by Crippen LogP contribution is -2.12. The number of fused-ring (bicyclic) bond motifs is 8. The minimum Gasteiger partial charge on any atom is -0.483 e. The highest BCUT2D eigenvalue weighted by atomic mass is 16.5. The molecule has 0 radical (unpaired) electrons. The highest BCUT2D eigenvalue weighted by molar-refractivity contribution is 6.09. The van der Waals surface area contributed by atoms with Crippen molar-refractivity contribution in [2.75, 3.05) is 0 Å². The molecule has 4 nitrogen and oxygen atoms in total. The van der Waals surface area contributed by atoms with Crippen molar-refractivity contribution >= 4 is 32.8 Å². The van der Waals surface area contributed by atoms with Crippen molar-refractivity contribution in [2.24, 2.45) is 0 Å². The zero-order chi connectivity index (χ0) is 26.6. The Bertz CT molecular complexity index is 1950. The molecule has 0 fully saturated rings. The number of imidazole rings is 1. The second-order valence-corrected chi connectivity index (χ2v) is 7.08. The average Bonchev–Trinajstić information content (AvgIpc) is 3.49. The summed E-state index contributed by atoms with van der Waals surface area (Å²) in [6, 6.07) is 9.77. The van der Waals surface area contributed by atoms with Gasteiger partial charge in [0.1, 0.15) is 12.4 Å². The van der Waals surface area contributed by atoms with Gasteiger partial charge >= 0.3 is 0 Å². The summed E-state index contributed by atoms with van der Waals surface area (Å²) in [5.41, 5.74) is 2.88. The molecule has 7 rings (SSSR count). The van der Waals surface area contributed by atoms with Gasteiger partial charge in [0.05, 0.1) is 38.7 Å². The maximum absolute atomic E-state index is 8.68. The van der Waals surface area contributed by atoms with Gasteiger partial charge in [-0.3, -0.25) is 4.57 Å². The summed E-state index contributed by atoms with van der Waals surface area (Å²) in [5.74, 6) is 1.43. The maximum Gasteiger partial charge on any atom is 0.152 e. The Morgan fingerprint density at radius 2 is 1.53 bits per heavy atom. The average molecular weight is 395 g/mol. The van der Waals surface area contributed by atoms with E-state index in [9.17, 15) is 0 Å². The van der Waals surface area contributed by atoms with Gasteiger partial charge in [-0.1, -0.05) is 48.4 Å². The highest BCUT2D eigenvalue weighted by Gasteiger charge is 2.21. The molecule has 4 aromatic carbocycles. The Hall–Kier alpha value is -4.05. The molecule has 0 N–H and O–H groups in total. The minimum atomic E-state index is -0.468. The summed E-state index contributed by atoms with van der Waals surface area (Å²) in [5, 5.41) is 0.0918. The molecule has 0 unspecified atom stereocenters. The zero-order valence-electron chi connectivity index (χ0n) is 23.5.